The summed E-state index contributed by atoms with van der Waals surface area (Å²) in [5.41, 5.74) is -0.0938. The molecule has 30 heavy (non-hydrogen) atoms. The Morgan fingerprint density at radius 2 is 1.33 bits per heavy atom. The van der Waals surface area contributed by atoms with Gasteiger partial charge in [-0.2, -0.15) is 0 Å². The van der Waals surface area contributed by atoms with E-state index in [-0.39, 0.29) is 23.1 Å². The highest BCUT2D eigenvalue weighted by Crippen LogP contribution is 2.60. The fourth-order valence-corrected chi connectivity index (χ4v) is 7.93. The minimum absolute atomic E-state index is 0.0546. The molecular weight excluding hydrogens is 378 g/mol. The van der Waals surface area contributed by atoms with Gasteiger partial charge in [-0.1, -0.05) is 12.8 Å². The quantitative estimate of drug-likeness (QED) is 0.767. The highest BCUT2D eigenvalue weighted by atomic mass is 16.2. The van der Waals surface area contributed by atoms with Crippen molar-refractivity contribution in [2.75, 3.05) is 26.2 Å². The maximum Gasteiger partial charge on any atom is 0.245 e. The van der Waals surface area contributed by atoms with E-state index >= 15 is 0 Å². The third-order valence-electron chi connectivity index (χ3n) is 8.87. The van der Waals surface area contributed by atoms with Crippen LogP contribution in [0.3, 0.4) is 0 Å². The Hall–Kier alpha value is -1.59. The molecule has 0 aromatic carbocycles. The molecular formula is C24H37N3O3. The van der Waals surface area contributed by atoms with Crippen molar-refractivity contribution in [2.24, 2.45) is 29.1 Å². The monoisotopic (exact) mass is 415 g/mol. The van der Waals surface area contributed by atoms with E-state index in [0.717, 1.165) is 62.7 Å². The molecule has 1 saturated heterocycles. The minimum atomic E-state index is -0.393. The van der Waals surface area contributed by atoms with Crippen LogP contribution in [0.1, 0.15) is 71.1 Å². The maximum absolute atomic E-state index is 13.6. The Kier molecular flexibility index (Phi) is 5.30. The van der Waals surface area contributed by atoms with E-state index < -0.39 is 6.04 Å². The van der Waals surface area contributed by atoms with Gasteiger partial charge in [-0.05, 0) is 75.0 Å². The van der Waals surface area contributed by atoms with Crippen LogP contribution in [0.2, 0.25) is 0 Å². The fraction of sp³-hybridized carbons (Fsp3) is 0.875. The smallest absolute Gasteiger partial charge is 0.245 e. The van der Waals surface area contributed by atoms with Crippen LogP contribution in [0.25, 0.3) is 0 Å². The molecule has 5 saturated carbocycles. The molecule has 0 aromatic heterocycles. The Balaban J connectivity index is 1.21. The summed E-state index contributed by atoms with van der Waals surface area (Å²) in [6, 6.07) is -0.393. The van der Waals surface area contributed by atoms with E-state index in [1.807, 2.05) is 4.90 Å². The summed E-state index contributed by atoms with van der Waals surface area (Å²) in [7, 11) is 0. The molecule has 5 aliphatic carbocycles. The zero-order valence-corrected chi connectivity index (χ0v) is 18.4. The zero-order valence-electron chi connectivity index (χ0n) is 18.4. The molecule has 0 radical (unpaired) electrons. The predicted octanol–water partition coefficient (Wildman–Crippen LogP) is 2.57. The molecule has 1 N–H and O–H groups in total. The van der Waals surface area contributed by atoms with Gasteiger partial charge in [-0.25, -0.2) is 0 Å². The topological polar surface area (TPSA) is 69.7 Å². The first-order chi connectivity index (χ1) is 14.4. The van der Waals surface area contributed by atoms with Gasteiger partial charge in [0.1, 0.15) is 6.04 Å². The lowest BCUT2D eigenvalue weighted by Gasteiger charge is -2.57. The minimum Gasteiger partial charge on any atom is -0.344 e. The number of carbonyl (C=O) groups is 3. The number of hydrogen-bond acceptors (Lipinski definition) is 3. The van der Waals surface area contributed by atoms with E-state index in [4.69, 9.17) is 0 Å². The number of hydrogen-bond donors (Lipinski definition) is 1. The third kappa shape index (κ3) is 3.64. The molecule has 166 valence electrons. The van der Waals surface area contributed by atoms with Crippen LogP contribution in [0, 0.1) is 29.1 Å². The van der Waals surface area contributed by atoms with Crippen molar-refractivity contribution in [3.63, 3.8) is 0 Å². The van der Waals surface area contributed by atoms with E-state index in [1.165, 1.54) is 26.2 Å². The molecule has 6 fully saturated rings. The van der Waals surface area contributed by atoms with Crippen molar-refractivity contribution in [1.82, 2.24) is 15.1 Å². The molecule has 0 aromatic rings. The average molecular weight is 416 g/mol. The number of amides is 3. The van der Waals surface area contributed by atoms with Gasteiger partial charge >= 0.3 is 0 Å². The van der Waals surface area contributed by atoms with Crippen LogP contribution >= 0.6 is 0 Å². The van der Waals surface area contributed by atoms with E-state index in [1.54, 1.807) is 0 Å². The lowest BCUT2D eigenvalue weighted by atomic mass is 9.49. The Morgan fingerprint density at radius 3 is 1.83 bits per heavy atom. The second kappa shape index (κ2) is 7.83. The molecule has 1 atom stereocenters. The van der Waals surface area contributed by atoms with Crippen molar-refractivity contribution in [1.29, 1.82) is 0 Å². The van der Waals surface area contributed by atoms with E-state index in [9.17, 15) is 14.4 Å². The lowest BCUT2D eigenvalue weighted by Crippen LogP contribution is -2.60. The Morgan fingerprint density at radius 1 is 0.833 bits per heavy atom. The molecule has 3 amide bonds. The molecule has 1 unspecified atom stereocenters. The van der Waals surface area contributed by atoms with Crippen molar-refractivity contribution in [2.45, 2.75) is 77.2 Å². The number of rotatable bonds is 4. The third-order valence-corrected chi connectivity index (χ3v) is 8.87. The summed E-state index contributed by atoms with van der Waals surface area (Å²) < 4.78 is 0. The van der Waals surface area contributed by atoms with Gasteiger partial charge in [0.15, 0.2) is 0 Å². The van der Waals surface area contributed by atoms with Crippen LogP contribution in [-0.2, 0) is 14.4 Å². The first kappa shape index (κ1) is 20.3. The second-order valence-electron chi connectivity index (χ2n) is 11.0. The van der Waals surface area contributed by atoms with E-state index in [0.29, 0.717) is 32.1 Å². The number of nitrogens with one attached hydrogen (secondary N) is 1. The molecule has 0 spiro atoms. The van der Waals surface area contributed by atoms with Crippen molar-refractivity contribution in [3.05, 3.63) is 0 Å². The van der Waals surface area contributed by atoms with Crippen molar-refractivity contribution >= 4 is 17.7 Å². The number of nitrogens with zero attached hydrogens (tertiary/aromatic N) is 2. The summed E-state index contributed by atoms with van der Waals surface area (Å²) in [6.45, 7) is 3.98. The van der Waals surface area contributed by atoms with Crippen LogP contribution in [0.15, 0.2) is 0 Å². The fourth-order valence-electron chi connectivity index (χ4n) is 7.93. The molecule has 1 aliphatic heterocycles. The Bertz CT molecular complexity index is 671. The van der Waals surface area contributed by atoms with E-state index in [2.05, 4.69) is 10.2 Å². The van der Waals surface area contributed by atoms with Crippen LogP contribution in [0.4, 0.5) is 0 Å². The van der Waals surface area contributed by atoms with Gasteiger partial charge in [-0.15, -0.1) is 0 Å². The zero-order chi connectivity index (χ0) is 20.9. The second-order valence-corrected chi connectivity index (χ2v) is 11.0. The molecule has 6 nitrogen and oxygen atoms in total. The predicted molar refractivity (Wildman–Crippen MR) is 113 cm³/mol. The summed E-state index contributed by atoms with van der Waals surface area (Å²) in [5.74, 6) is 2.87. The van der Waals surface area contributed by atoms with Crippen LogP contribution in [0.5, 0.6) is 0 Å². The van der Waals surface area contributed by atoms with Gasteiger partial charge in [0.2, 0.25) is 17.7 Å². The number of carbonyl (C=O) groups excluding carboxylic acids is 3. The van der Waals surface area contributed by atoms with Gasteiger partial charge in [0.25, 0.3) is 0 Å². The highest BCUT2D eigenvalue weighted by molar-refractivity contribution is 5.88. The summed E-state index contributed by atoms with van der Waals surface area (Å²) in [4.78, 5) is 42.5. The van der Waals surface area contributed by atoms with Crippen molar-refractivity contribution < 1.29 is 14.4 Å². The Labute approximate surface area is 180 Å². The lowest BCUT2D eigenvalue weighted by molar-refractivity contribution is -0.161. The largest absolute Gasteiger partial charge is 0.344 e. The maximum atomic E-state index is 13.6. The summed E-state index contributed by atoms with van der Waals surface area (Å²) in [6.07, 6.45) is 11.7. The first-order valence-electron chi connectivity index (χ1n) is 12.3. The van der Waals surface area contributed by atoms with Crippen LogP contribution in [-0.4, -0.2) is 59.7 Å². The molecule has 4 bridgehead atoms. The molecule has 6 heteroatoms. The SMILES string of the molecule is CC(=O)NC(C(=O)N1CCN(C(=O)C23CC4CC(CC(C4)C2)C3)CC1)C1CCCC1. The molecule has 6 rings (SSSR count). The summed E-state index contributed by atoms with van der Waals surface area (Å²) in [5, 5.41) is 2.93. The van der Waals surface area contributed by atoms with Gasteiger partial charge in [-0.3, -0.25) is 14.4 Å². The normalized spacial score (nSPS) is 36.8. The molecule has 6 aliphatic rings. The van der Waals surface area contributed by atoms with Crippen molar-refractivity contribution in [3.8, 4) is 0 Å². The first-order valence-corrected chi connectivity index (χ1v) is 12.3. The molecule has 1 heterocycles. The standard InChI is InChI=1S/C24H37N3O3/c1-16(28)25-21(20-4-2-3-5-20)22(29)26-6-8-27(9-7-26)23(30)24-13-17-10-18(14-24)12-19(11-17)15-24/h17-21H,2-15H2,1H3,(H,25,28). The van der Waals surface area contributed by atoms with Gasteiger partial charge in [0.05, 0.1) is 5.41 Å². The average Bonchev–Trinajstić information content (AvgIpc) is 3.24. The van der Waals surface area contributed by atoms with Gasteiger partial charge in [0, 0.05) is 33.1 Å². The number of piperazine rings is 1. The highest BCUT2D eigenvalue weighted by Gasteiger charge is 2.55. The van der Waals surface area contributed by atoms with Gasteiger partial charge < -0.3 is 15.1 Å². The van der Waals surface area contributed by atoms with Crippen LogP contribution < -0.4 is 5.32 Å². The summed E-state index contributed by atoms with van der Waals surface area (Å²) >= 11 is 0.